The number of aromatic amines is 1. The van der Waals surface area contributed by atoms with Crippen LogP contribution in [0.2, 0.25) is 0 Å². The summed E-state index contributed by atoms with van der Waals surface area (Å²) in [6.07, 6.45) is 4.98. The number of piperidine rings is 1. The quantitative estimate of drug-likeness (QED) is 0.832. The number of hydrogen-bond donors (Lipinski definition) is 2. The van der Waals surface area contributed by atoms with Gasteiger partial charge in [0.1, 0.15) is 5.69 Å². The molecule has 0 radical (unpaired) electrons. The number of hydrogen-bond acceptors (Lipinski definition) is 5. The molecule has 2 aromatic rings. The molecular weight excluding hydrogens is 344 g/mol. The molecule has 2 aliphatic rings. The third kappa shape index (κ3) is 3.34. The number of sulfonamides is 1. The van der Waals surface area contributed by atoms with Gasteiger partial charge in [-0.2, -0.15) is 9.40 Å². The molecule has 1 aliphatic heterocycles. The molecule has 0 bridgehead atoms. The van der Waals surface area contributed by atoms with E-state index in [0.29, 0.717) is 30.8 Å². The van der Waals surface area contributed by atoms with E-state index in [4.69, 9.17) is 4.42 Å². The normalized spacial score (nSPS) is 22.0. The third-order valence-electron chi connectivity index (χ3n) is 4.62. The molecule has 4 rings (SSSR count). The van der Waals surface area contributed by atoms with Crippen molar-refractivity contribution in [2.45, 2.75) is 36.8 Å². The molecule has 8 nitrogen and oxygen atoms in total. The molecule has 1 amide bonds. The van der Waals surface area contributed by atoms with Crippen molar-refractivity contribution >= 4 is 15.9 Å². The maximum absolute atomic E-state index is 12.8. The Morgan fingerprint density at radius 2 is 2.12 bits per heavy atom. The summed E-state index contributed by atoms with van der Waals surface area (Å²) in [5.74, 6) is 0.0715. The number of furan rings is 1. The first-order valence-electron chi connectivity index (χ1n) is 8.44. The lowest BCUT2D eigenvalue weighted by molar-refractivity contribution is -0.126. The van der Waals surface area contributed by atoms with Crippen molar-refractivity contribution in [1.29, 1.82) is 0 Å². The minimum atomic E-state index is -3.76. The molecule has 1 saturated heterocycles. The molecule has 9 heteroatoms. The summed E-state index contributed by atoms with van der Waals surface area (Å²) < 4.78 is 32.6. The Kier molecular flexibility index (Phi) is 4.12. The van der Waals surface area contributed by atoms with Crippen LogP contribution in [0, 0.1) is 5.92 Å². The van der Waals surface area contributed by atoms with E-state index in [1.54, 1.807) is 18.3 Å². The van der Waals surface area contributed by atoms with Gasteiger partial charge in [-0.15, -0.1) is 0 Å². The average molecular weight is 364 g/mol. The molecule has 3 heterocycles. The highest BCUT2D eigenvalue weighted by Crippen LogP contribution is 2.28. The number of amides is 1. The summed E-state index contributed by atoms with van der Waals surface area (Å²) in [4.78, 5) is 12.2. The zero-order chi connectivity index (χ0) is 17.4. The molecule has 0 aromatic carbocycles. The zero-order valence-electron chi connectivity index (χ0n) is 13.6. The smallest absolute Gasteiger partial charge is 0.276 e. The van der Waals surface area contributed by atoms with E-state index < -0.39 is 10.0 Å². The van der Waals surface area contributed by atoms with Gasteiger partial charge in [-0.25, -0.2) is 8.42 Å². The molecule has 1 atom stereocenters. The van der Waals surface area contributed by atoms with E-state index in [1.165, 1.54) is 10.4 Å². The number of nitrogens with zero attached hydrogens (tertiary/aromatic N) is 2. The molecule has 2 aromatic heterocycles. The van der Waals surface area contributed by atoms with Gasteiger partial charge in [-0.1, -0.05) is 0 Å². The second-order valence-electron chi connectivity index (χ2n) is 6.57. The van der Waals surface area contributed by atoms with Gasteiger partial charge in [0.2, 0.25) is 11.0 Å². The zero-order valence-corrected chi connectivity index (χ0v) is 14.5. The van der Waals surface area contributed by atoms with Crippen molar-refractivity contribution in [3.8, 4) is 11.5 Å². The number of carbonyl (C=O) groups is 1. The Labute approximate surface area is 145 Å². The first-order chi connectivity index (χ1) is 12.0. The Balaban J connectivity index is 1.50. The highest BCUT2D eigenvalue weighted by molar-refractivity contribution is 7.89. The Morgan fingerprint density at radius 3 is 2.84 bits per heavy atom. The van der Waals surface area contributed by atoms with Gasteiger partial charge in [0.15, 0.2) is 5.76 Å². The van der Waals surface area contributed by atoms with Gasteiger partial charge in [0.25, 0.3) is 10.0 Å². The largest absolute Gasteiger partial charge is 0.442 e. The summed E-state index contributed by atoms with van der Waals surface area (Å²) in [6.45, 7) is 0.594. The molecule has 25 heavy (non-hydrogen) atoms. The number of carbonyl (C=O) groups excluding carboxylic acids is 1. The molecule has 134 valence electrons. The van der Waals surface area contributed by atoms with Crippen LogP contribution >= 0.6 is 0 Å². The summed E-state index contributed by atoms with van der Waals surface area (Å²) in [5, 5.41) is 9.42. The predicted octanol–water partition coefficient (Wildman–Crippen LogP) is 1.35. The Hall–Kier alpha value is -2.13. The van der Waals surface area contributed by atoms with Crippen molar-refractivity contribution < 1.29 is 17.6 Å². The summed E-state index contributed by atoms with van der Waals surface area (Å²) >= 11 is 0. The fraction of sp³-hybridized carbons (Fsp3) is 0.500. The molecule has 1 saturated carbocycles. The molecule has 0 unspecified atom stereocenters. The van der Waals surface area contributed by atoms with E-state index >= 15 is 0 Å². The molecule has 1 aliphatic carbocycles. The maximum atomic E-state index is 12.8. The van der Waals surface area contributed by atoms with Crippen LogP contribution < -0.4 is 5.32 Å². The van der Waals surface area contributed by atoms with E-state index in [0.717, 1.165) is 12.8 Å². The van der Waals surface area contributed by atoms with Crippen LogP contribution in [0.5, 0.6) is 0 Å². The lowest BCUT2D eigenvalue weighted by atomic mass is 9.99. The summed E-state index contributed by atoms with van der Waals surface area (Å²) in [6, 6.07) is 5.02. The Bertz CT molecular complexity index is 855. The van der Waals surface area contributed by atoms with Crippen molar-refractivity contribution in [3.05, 3.63) is 24.4 Å². The van der Waals surface area contributed by atoms with Crippen LogP contribution in [0.4, 0.5) is 0 Å². The van der Waals surface area contributed by atoms with Crippen molar-refractivity contribution in [3.63, 3.8) is 0 Å². The standard InChI is InChI=1S/C16H20N4O4S/c21-16(18-12-3-4-12)11-2-1-9-20(10-11)25(22,23)15-6-5-14(24-15)13-7-8-17-19-13/h5-8,11-12H,1-4,9-10H2,(H,17,19)(H,18,21)/t11-/m1/s1. The molecule has 0 spiro atoms. The van der Waals surface area contributed by atoms with Gasteiger partial charge < -0.3 is 9.73 Å². The van der Waals surface area contributed by atoms with Crippen LogP contribution in [0.25, 0.3) is 11.5 Å². The van der Waals surface area contributed by atoms with Gasteiger partial charge >= 0.3 is 0 Å². The van der Waals surface area contributed by atoms with Crippen LogP contribution in [-0.4, -0.2) is 48.0 Å². The van der Waals surface area contributed by atoms with Gasteiger partial charge in [-0.05, 0) is 43.9 Å². The van der Waals surface area contributed by atoms with E-state index in [-0.39, 0.29) is 29.5 Å². The van der Waals surface area contributed by atoms with E-state index in [9.17, 15) is 13.2 Å². The second-order valence-corrected chi connectivity index (χ2v) is 8.44. The van der Waals surface area contributed by atoms with Crippen LogP contribution in [-0.2, 0) is 14.8 Å². The number of H-pyrrole nitrogens is 1. The van der Waals surface area contributed by atoms with Crippen LogP contribution in [0.3, 0.4) is 0 Å². The fourth-order valence-corrected chi connectivity index (χ4v) is 4.48. The topological polar surface area (TPSA) is 108 Å². The van der Waals surface area contributed by atoms with Gasteiger partial charge in [0, 0.05) is 25.3 Å². The van der Waals surface area contributed by atoms with Crippen molar-refractivity contribution in [2.24, 2.45) is 5.92 Å². The minimum absolute atomic E-state index is 0.0417. The van der Waals surface area contributed by atoms with Gasteiger partial charge in [0.05, 0.1) is 5.92 Å². The number of nitrogens with one attached hydrogen (secondary N) is 2. The maximum Gasteiger partial charge on any atom is 0.276 e. The number of rotatable bonds is 5. The molecular formula is C16H20N4O4S. The lowest BCUT2D eigenvalue weighted by Gasteiger charge is -2.30. The fourth-order valence-electron chi connectivity index (χ4n) is 3.05. The highest BCUT2D eigenvalue weighted by Gasteiger charge is 2.36. The number of aromatic nitrogens is 2. The monoisotopic (exact) mass is 364 g/mol. The van der Waals surface area contributed by atoms with Gasteiger partial charge in [-0.3, -0.25) is 9.89 Å². The Morgan fingerprint density at radius 1 is 1.28 bits per heavy atom. The summed E-state index contributed by atoms with van der Waals surface area (Å²) in [5.41, 5.74) is 0.613. The summed E-state index contributed by atoms with van der Waals surface area (Å²) in [7, 11) is -3.76. The second kappa shape index (κ2) is 6.30. The lowest BCUT2D eigenvalue weighted by Crippen LogP contribution is -2.45. The minimum Gasteiger partial charge on any atom is -0.442 e. The van der Waals surface area contributed by atoms with Crippen LogP contribution in [0.1, 0.15) is 25.7 Å². The van der Waals surface area contributed by atoms with E-state index in [1.807, 2.05) is 0 Å². The predicted molar refractivity (Wildman–Crippen MR) is 88.9 cm³/mol. The first kappa shape index (κ1) is 16.3. The molecule has 2 fully saturated rings. The first-order valence-corrected chi connectivity index (χ1v) is 9.88. The van der Waals surface area contributed by atoms with Crippen LogP contribution in [0.15, 0.2) is 33.9 Å². The van der Waals surface area contributed by atoms with Crippen molar-refractivity contribution in [1.82, 2.24) is 19.8 Å². The van der Waals surface area contributed by atoms with E-state index in [2.05, 4.69) is 15.5 Å². The molecule has 2 N–H and O–H groups in total. The van der Waals surface area contributed by atoms with Crippen molar-refractivity contribution in [2.75, 3.05) is 13.1 Å². The SMILES string of the molecule is O=C(NC1CC1)[C@@H]1CCCN(S(=O)(=O)c2ccc(-c3ccn[nH]3)o2)C1. The third-order valence-corrected chi connectivity index (χ3v) is 6.36. The average Bonchev–Trinajstić information content (AvgIpc) is 3.07. The highest BCUT2D eigenvalue weighted by atomic mass is 32.2.